The maximum atomic E-state index is 8.70. The fraction of sp³-hybridized carbons (Fsp3) is 0.462. The Morgan fingerprint density at radius 2 is 2.05 bits per heavy atom. The number of rotatable bonds is 2. The molecule has 2 bridgehead atoms. The van der Waals surface area contributed by atoms with Crippen molar-refractivity contribution in [1.29, 1.82) is 0 Å². The topological polar surface area (TPSA) is 71.1 Å². The first-order valence-electron chi connectivity index (χ1n) is 6.35. The van der Waals surface area contributed by atoms with E-state index in [0.29, 0.717) is 17.8 Å². The second-order valence-electron chi connectivity index (χ2n) is 5.01. The molecule has 3 N–H and O–H groups in total. The van der Waals surface area contributed by atoms with Gasteiger partial charge in [0.2, 0.25) is 0 Å². The van der Waals surface area contributed by atoms with E-state index in [1.807, 2.05) is 18.2 Å². The van der Waals surface area contributed by atoms with Crippen molar-refractivity contribution in [1.82, 2.24) is 0 Å². The molecule has 102 valence electrons. The standard InChI is InChI=1S/C13H16BrN3O2/c14-11-5-8(13(15)16-18)1-4-12(11)17-6-9-2-3-10(7-17)19-9/h1,4-5,9-10,18H,2-3,6-7H2,(H2,15,16). The predicted octanol–water partition coefficient (Wildman–Crippen LogP) is 1.91. The highest BCUT2D eigenvalue weighted by Crippen LogP contribution is 2.33. The van der Waals surface area contributed by atoms with Gasteiger partial charge in [0.25, 0.3) is 0 Å². The van der Waals surface area contributed by atoms with Crippen LogP contribution in [0.4, 0.5) is 5.69 Å². The molecule has 2 fully saturated rings. The van der Waals surface area contributed by atoms with E-state index >= 15 is 0 Å². The van der Waals surface area contributed by atoms with Crippen molar-refractivity contribution in [2.24, 2.45) is 10.9 Å². The van der Waals surface area contributed by atoms with Gasteiger partial charge in [-0.3, -0.25) is 0 Å². The third kappa shape index (κ3) is 2.42. The smallest absolute Gasteiger partial charge is 0.170 e. The molecule has 6 heteroatoms. The molecule has 2 saturated heterocycles. The molecule has 2 aliphatic rings. The van der Waals surface area contributed by atoms with Crippen LogP contribution in [-0.2, 0) is 4.74 Å². The summed E-state index contributed by atoms with van der Waals surface area (Å²) in [5, 5.41) is 11.7. The lowest BCUT2D eigenvalue weighted by atomic mass is 10.1. The lowest BCUT2D eigenvalue weighted by molar-refractivity contribution is 0.0304. The minimum atomic E-state index is 0.120. The van der Waals surface area contributed by atoms with Gasteiger partial charge in [-0.25, -0.2) is 0 Å². The first-order valence-corrected chi connectivity index (χ1v) is 7.14. The van der Waals surface area contributed by atoms with Crippen molar-refractivity contribution in [3.05, 3.63) is 28.2 Å². The fourth-order valence-corrected chi connectivity index (χ4v) is 3.42. The summed E-state index contributed by atoms with van der Waals surface area (Å²) in [6.45, 7) is 1.86. The van der Waals surface area contributed by atoms with Gasteiger partial charge in [-0.05, 0) is 47.0 Å². The maximum absolute atomic E-state index is 8.70. The molecule has 0 amide bonds. The normalized spacial score (nSPS) is 26.8. The number of amidine groups is 1. The molecule has 0 spiro atoms. The molecule has 1 aromatic rings. The van der Waals surface area contributed by atoms with Crippen LogP contribution in [0.25, 0.3) is 0 Å². The van der Waals surface area contributed by atoms with Gasteiger partial charge in [-0.2, -0.15) is 0 Å². The summed E-state index contributed by atoms with van der Waals surface area (Å²) in [4.78, 5) is 2.34. The van der Waals surface area contributed by atoms with Crippen LogP contribution in [0, 0.1) is 0 Å². The number of oxime groups is 1. The van der Waals surface area contributed by atoms with Crippen LogP contribution in [0.5, 0.6) is 0 Å². The molecule has 19 heavy (non-hydrogen) atoms. The molecular formula is C13H16BrN3O2. The zero-order chi connectivity index (χ0) is 13.4. The quantitative estimate of drug-likeness (QED) is 0.377. The number of morpholine rings is 1. The molecule has 0 saturated carbocycles. The first kappa shape index (κ1) is 12.7. The molecule has 2 heterocycles. The number of ether oxygens (including phenoxy) is 1. The van der Waals surface area contributed by atoms with Crippen LogP contribution in [0.2, 0.25) is 0 Å². The van der Waals surface area contributed by atoms with Crippen molar-refractivity contribution in [3.63, 3.8) is 0 Å². The second-order valence-corrected chi connectivity index (χ2v) is 5.87. The van der Waals surface area contributed by atoms with E-state index < -0.39 is 0 Å². The summed E-state index contributed by atoms with van der Waals surface area (Å²) in [7, 11) is 0. The Morgan fingerprint density at radius 3 is 2.63 bits per heavy atom. The Kier molecular flexibility index (Phi) is 3.36. The fourth-order valence-electron chi connectivity index (χ4n) is 2.79. The molecule has 0 aliphatic carbocycles. The predicted molar refractivity (Wildman–Crippen MR) is 76.8 cm³/mol. The van der Waals surface area contributed by atoms with Crippen molar-refractivity contribution >= 4 is 27.5 Å². The van der Waals surface area contributed by atoms with Crippen molar-refractivity contribution in [2.45, 2.75) is 25.0 Å². The van der Waals surface area contributed by atoms with E-state index in [1.165, 1.54) is 0 Å². The summed E-state index contributed by atoms with van der Waals surface area (Å²) in [5.74, 6) is 0.120. The molecular weight excluding hydrogens is 310 g/mol. The van der Waals surface area contributed by atoms with Crippen LogP contribution < -0.4 is 10.6 Å². The Hall–Kier alpha value is -1.27. The van der Waals surface area contributed by atoms with E-state index in [4.69, 9.17) is 15.7 Å². The third-order valence-electron chi connectivity index (χ3n) is 3.74. The average Bonchev–Trinajstić information content (AvgIpc) is 2.76. The highest BCUT2D eigenvalue weighted by atomic mass is 79.9. The van der Waals surface area contributed by atoms with Crippen LogP contribution >= 0.6 is 15.9 Å². The van der Waals surface area contributed by atoms with Gasteiger partial charge < -0.3 is 20.6 Å². The van der Waals surface area contributed by atoms with E-state index in [1.54, 1.807) is 0 Å². The summed E-state index contributed by atoms with van der Waals surface area (Å²) >= 11 is 3.57. The minimum absolute atomic E-state index is 0.120. The monoisotopic (exact) mass is 325 g/mol. The summed E-state index contributed by atoms with van der Waals surface area (Å²) < 4.78 is 6.80. The lowest BCUT2D eigenvalue weighted by Crippen LogP contribution is -2.42. The van der Waals surface area contributed by atoms with Crippen molar-refractivity contribution in [2.75, 3.05) is 18.0 Å². The number of nitrogens with two attached hydrogens (primary N) is 1. The highest BCUT2D eigenvalue weighted by molar-refractivity contribution is 9.10. The molecule has 0 radical (unpaired) electrons. The maximum Gasteiger partial charge on any atom is 0.170 e. The van der Waals surface area contributed by atoms with Crippen molar-refractivity contribution < 1.29 is 9.94 Å². The highest BCUT2D eigenvalue weighted by Gasteiger charge is 2.34. The Balaban J connectivity index is 1.85. The number of benzene rings is 1. The van der Waals surface area contributed by atoms with E-state index in [9.17, 15) is 0 Å². The van der Waals surface area contributed by atoms with Gasteiger partial charge in [-0.15, -0.1) is 0 Å². The Labute approximate surface area is 120 Å². The van der Waals surface area contributed by atoms with Gasteiger partial charge in [0.05, 0.1) is 17.9 Å². The molecule has 0 aromatic heterocycles. The van der Waals surface area contributed by atoms with Gasteiger partial charge in [0, 0.05) is 23.1 Å². The third-order valence-corrected chi connectivity index (χ3v) is 4.37. The number of halogens is 1. The molecule has 2 aliphatic heterocycles. The zero-order valence-corrected chi connectivity index (χ0v) is 12.0. The van der Waals surface area contributed by atoms with Crippen LogP contribution in [0.3, 0.4) is 0 Å². The summed E-state index contributed by atoms with van der Waals surface area (Å²) in [5.41, 5.74) is 7.43. The van der Waals surface area contributed by atoms with Crippen LogP contribution in [0.1, 0.15) is 18.4 Å². The van der Waals surface area contributed by atoms with Crippen molar-refractivity contribution in [3.8, 4) is 0 Å². The minimum Gasteiger partial charge on any atom is -0.409 e. The second kappa shape index (κ2) is 5.02. The van der Waals surface area contributed by atoms with Gasteiger partial charge >= 0.3 is 0 Å². The molecule has 2 unspecified atom stereocenters. The largest absolute Gasteiger partial charge is 0.409 e. The molecule has 5 nitrogen and oxygen atoms in total. The van der Waals surface area contributed by atoms with Gasteiger partial charge in [0.15, 0.2) is 5.84 Å². The van der Waals surface area contributed by atoms with E-state index in [-0.39, 0.29) is 5.84 Å². The average molecular weight is 326 g/mol. The first-order chi connectivity index (χ1) is 9.17. The van der Waals surface area contributed by atoms with E-state index in [0.717, 1.165) is 36.1 Å². The van der Waals surface area contributed by atoms with Gasteiger partial charge in [-0.1, -0.05) is 5.16 Å². The van der Waals surface area contributed by atoms with E-state index in [2.05, 4.69) is 26.0 Å². The Bertz CT molecular complexity index is 509. The number of hydrogen-bond donors (Lipinski definition) is 2. The molecule has 3 rings (SSSR count). The van der Waals surface area contributed by atoms with Gasteiger partial charge in [0.1, 0.15) is 0 Å². The molecule has 1 aromatic carbocycles. The SMILES string of the molecule is N/C(=N/O)c1ccc(N2CC3CCC(C2)O3)c(Br)c1. The zero-order valence-electron chi connectivity index (χ0n) is 10.4. The summed E-state index contributed by atoms with van der Waals surface area (Å²) in [6, 6.07) is 5.75. The molecule has 2 atom stereocenters. The number of nitrogens with zero attached hydrogens (tertiary/aromatic N) is 2. The number of hydrogen-bond acceptors (Lipinski definition) is 4. The Morgan fingerprint density at radius 1 is 1.37 bits per heavy atom. The lowest BCUT2D eigenvalue weighted by Gasteiger charge is -2.34. The number of anilines is 1. The van der Waals surface area contributed by atoms with Crippen LogP contribution in [-0.4, -0.2) is 36.3 Å². The summed E-state index contributed by atoms with van der Waals surface area (Å²) in [6.07, 6.45) is 3.02. The van der Waals surface area contributed by atoms with Crippen LogP contribution in [0.15, 0.2) is 27.8 Å². The number of fused-ring (bicyclic) bond motifs is 2.